The van der Waals surface area contributed by atoms with Gasteiger partial charge in [0.25, 0.3) is 5.91 Å². The standard InChI is InChI=1S/C16H19N3O/c1-3-19(14-7-5-4-6-11(14)2)15-9-8-12(17)10-13(15)16(18)20/h4-10H,3,17H2,1-2H3,(H2,18,20). The predicted molar refractivity (Wildman–Crippen MR) is 83.2 cm³/mol. The second-order valence-corrected chi connectivity index (χ2v) is 4.67. The molecular formula is C16H19N3O. The van der Waals surface area contributed by atoms with E-state index in [9.17, 15) is 4.79 Å². The van der Waals surface area contributed by atoms with Gasteiger partial charge < -0.3 is 16.4 Å². The number of carbonyl (C=O) groups is 1. The Labute approximate surface area is 119 Å². The molecule has 4 nitrogen and oxygen atoms in total. The Bertz CT molecular complexity index is 637. The molecule has 2 aromatic rings. The van der Waals surface area contributed by atoms with Crippen molar-refractivity contribution in [2.24, 2.45) is 5.73 Å². The molecule has 0 saturated heterocycles. The summed E-state index contributed by atoms with van der Waals surface area (Å²) in [6, 6.07) is 13.3. The van der Waals surface area contributed by atoms with E-state index in [0.717, 1.165) is 23.5 Å². The molecule has 0 radical (unpaired) electrons. The first-order chi connectivity index (χ1) is 9.54. The van der Waals surface area contributed by atoms with Gasteiger partial charge in [-0.1, -0.05) is 18.2 Å². The number of para-hydroxylation sites is 1. The number of amides is 1. The van der Waals surface area contributed by atoms with Gasteiger partial charge >= 0.3 is 0 Å². The minimum Gasteiger partial charge on any atom is -0.399 e. The highest BCUT2D eigenvalue weighted by Crippen LogP contribution is 2.31. The minimum atomic E-state index is -0.473. The smallest absolute Gasteiger partial charge is 0.250 e. The van der Waals surface area contributed by atoms with Crippen LogP contribution in [0.4, 0.5) is 17.1 Å². The molecule has 2 aromatic carbocycles. The predicted octanol–water partition coefficient (Wildman–Crippen LogP) is 2.83. The molecule has 0 saturated carbocycles. The highest BCUT2D eigenvalue weighted by molar-refractivity contribution is 6.00. The lowest BCUT2D eigenvalue weighted by atomic mass is 10.1. The molecule has 0 atom stereocenters. The third-order valence-electron chi connectivity index (χ3n) is 3.30. The zero-order valence-electron chi connectivity index (χ0n) is 11.8. The van der Waals surface area contributed by atoms with Crippen LogP contribution in [0.25, 0.3) is 0 Å². The lowest BCUT2D eigenvalue weighted by Crippen LogP contribution is -2.22. The molecule has 0 aliphatic carbocycles. The summed E-state index contributed by atoms with van der Waals surface area (Å²) in [7, 11) is 0. The summed E-state index contributed by atoms with van der Waals surface area (Å²) in [6.45, 7) is 4.81. The van der Waals surface area contributed by atoms with E-state index in [0.29, 0.717) is 11.3 Å². The van der Waals surface area contributed by atoms with Gasteiger partial charge in [0.2, 0.25) is 0 Å². The van der Waals surface area contributed by atoms with Gasteiger partial charge in [0.1, 0.15) is 0 Å². The Morgan fingerprint density at radius 1 is 1.15 bits per heavy atom. The van der Waals surface area contributed by atoms with Gasteiger partial charge in [-0.3, -0.25) is 4.79 Å². The lowest BCUT2D eigenvalue weighted by molar-refractivity contribution is 0.100. The molecule has 1 amide bonds. The molecule has 20 heavy (non-hydrogen) atoms. The van der Waals surface area contributed by atoms with Crippen LogP contribution in [-0.4, -0.2) is 12.5 Å². The van der Waals surface area contributed by atoms with E-state index in [1.165, 1.54) is 0 Å². The molecule has 0 aliphatic rings. The summed E-state index contributed by atoms with van der Waals surface area (Å²) in [6.07, 6.45) is 0. The number of aryl methyl sites for hydroxylation is 1. The van der Waals surface area contributed by atoms with Crippen molar-refractivity contribution in [2.75, 3.05) is 17.2 Å². The summed E-state index contributed by atoms with van der Waals surface area (Å²) in [5.41, 5.74) is 15.2. The Kier molecular flexibility index (Phi) is 3.94. The van der Waals surface area contributed by atoms with Crippen LogP contribution in [0.3, 0.4) is 0 Å². The summed E-state index contributed by atoms with van der Waals surface area (Å²) < 4.78 is 0. The van der Waals surface area contributed by atoms with Gasteiger partial charge in [0, 0.05) is 17.9 Å². The molecule has 0 fully saturated rings. The minimum absolute atomic E-state index is 0.440. The van der Waals surface area contributed by atoms with Crippen molar-refractivity contribution >= 4 is 23.0 Å². The van der Waals surface area contributed by atoms with Crippen LogP contribution in [-0.2, 0) is 0 Å². The number of primary amides is 1. The van der Waals surface area contributed by atoms with Crippen LogP contribution >= 0.6 is 0 Å². The first kappa shape index (κ1) is 13.9. The first-order valence-corrected chi connectivity index (χ1v) is 6.57. The van der Waals surface area contributed by atoms with Gasteiger partial charge in [-0.05, 0) is 43.7 Å². The normalized spacial score (nSPS) is 10.3. The van der Waals surface area contributed by atoms with Crippen molar-refractivity contribution in [3.8, 4) is 0 Å². The number of hydrogen-bond donors (Lipinski definition) is 2. The zero-order chi connectivity index (χ0) is 14.7. The first-order valence-electron chi connectivity index (χ1n) is 6.57. The van der Waals surface area contributed by atoms with E-state index in [1.54, 1.807) is 12.1 Å². The molecular weight excluding hydrogens is 250 g/mol. The van der Waals surface area contributed by atoms with Crippen LogP contribution in [0.15, 0.2) is 42.5 Å². The monoisotopic (exact) mass is 269 g/mol. The van der Waals surface area contributed by atoms with E-state index in [1.807, 2.05) is 44.2 Å². The molecule has 0 bridgehead atoms. The van der Waals surface area contributed by atoms with Crippen LogP contribution < -0.4 is 16.4 Å². The average Bonchev–Trinajstić information content (AvgIpc) is 2.42. The number of nitrogens with zero attached hydrogens (tertiary/aromatic N) is 1. The van der Waals surface area contributed by atoms with Gasteiger partial charge in [0.15, 0.2) is 0 Å². The van der Waals surface area contributed by atoms with Crippen LogP contribution in [0.2, 0.25) is 0 Å². The van der Waals surface area contributed by atoms with Crippen LogP contribution in [0.1, 0.15) is 22.8 Å². The van der Waals surface area contributed by atoms with Gasteiger partial charge in [-0.25, -0.2) is 0 Å². The summed E-state index contributed by atoms with van der Waals surface area (Å²) >= 11 is 0. The van der Waals surface area contributed by atoms with Crippen LogP contribution in [0, 0.1) is 6.92 Å². The van der Waals surface area contributed by atoms with E-state index in [2.05, 4.69) is 4.90 Å². The molecule has 0 heterocycles. The summed E-state index contributed by atoms with van der Waals surface area (Å²) in [4.78, 5) is 13.7. The third-order valence-corrected chi connectivity index (χ3v) is 3.30. The Morgan fingerprint density at radius 3 is 2.45 bits per heavy atom. The van der Waals surface area contributed by atoms with Crippen molar-refractivity contribution in [1.29, 1.82) is 0 Å². The Balaban J connectivity index is 2.58. The molecule has 4 heteroatoms. The van der Waals surface area contributed by atoms with Crippen molar-refractivity contribution in [1.82, 2.24) is 0 Å². The fraction of sp³-hybridized carbons (Fsp3) is 0.188. The largest absolute Gasteiger partial charge is 0.399 e. The van der Waals surface area contributed by atoms with E-state index >= 15 is 0 Å². The van der Waals surface area contributed by atoms with Crippen molar-refractivity contribution < 1.29 is 4.79 Å². The average molecular weight is 269 g/mol. The van der Waals surface area contributed by atoms with Gasteiger partial charge in [-0.15, -0.1) is 0 Å². The van der Waals surface area contributed by atoms with Crippen molar-refractivity contribution in [2.45, 2.75) is 13.8 Å². The quantitative estimate of drug-likeness (QED) is 0.838. The molecule has 4 N–H and O–H groups in total. The maximum absolute atomic E-state index is 11.7. The third kappa shape index (κ3) is 2.59. The lowest BCUT2D eigenvalue weighted by Gasteiger charge is -2.27. The van der Waals surface area contributed by atoms with Gasteiger partial charge in [-0.2, -0.15) is 0 Å². The maximum atomic E-state index is 11.7. The molecule has 2 rings (SSSR count). The van der Waals surface area contributed by atoms with Crippen LogP contribution in [0.5, 0.6) is 0 Å². The van der Waals surface area contributed by atoms with E-state index in [4.69, 9.17) is 11.5 Å². The molecule has 0 aliphatic heterocycles. The number of nitrogens with two attached hydrogens (primary N) is 2. The second-order valence-electron chi connectivity index (χ2n) is 4.67. The van der Waals surface area contributed by atoms with Gasteiger partial charge in [0.05, 0.1) is 11.3 Å². The number of nitrogen functional groups attached to an aromatic ring is 1. The Hall–Kier alpha value is -2.49. The second kappa shape index (κ2) is 5.65. The van der Waals surface area contributed by atoms with E-state index < -0.39 is 5.91 Å². The van der Waals surface area contributed by atoms with Crippen molar-refractivity contribution in [3.63, 3.8) is 0 Å². The highest BCUT2D eigenvalue weighted by Gasteiger charge is 2.16. The van der Waals surface area contributed by atoms with Crippen molar-refractivity contribution in [3.05, 3.63) is 53.6 Å². The number of benzene rings is 2. The molecule has 0 aromatic heterocycles. The highest BCUT2D eigenvalue weighted by atomic mass is 16.1. The SMILES string of the molecule is CCN(c1ccccc1C)c1ccc(N)cc1C(N)=O. The summed E-state index contributed by atoms with van der Waals surface area (Å²) in [5.74, 6) is -0.473. The molecule has 0 spiro atoms. The molecule has 104 valence electrons. The molecule has 0 unspecified atom stereocenters. The number of anilines is 3. The topological polar surface area (TPSA) is 72.3 Å². The fourth-order valence-electron chi connectivity index (χ4n) is 2.32. The number of carbonyl (C=O) groups excluding carboxylic acids is 1. The van der Waals surface area contributed by atoms with E-state index in [-0.39, 0.29) is 0 Å². The number of hydrogen-bond acceptors (Lipinski definition) is 3. The summed E-state index contributed by atoms with van der Waals surface area (Å²) in [5, 5.41) is 0. The zero-order valence-corrected chi connectivity index (χ0v) is 11.8. The fourth-order valence-corrected chi connectivity index (χ4v) is 2.32. The maximum Gasteiger partial charge on any atom is 0.250 e. The number of rotatable bonds is 4. The Morgan fingerprint density at radius 2 is 1.85 bits per heavy atom.